The minimum Gasteiger partial charge on any atom is -0.381 e. The number of rotatable bonds is 3. The topological polar surface area (TPSA) is 44.8 Å². The van der Waals surface area contributed by atoms with Gasteiger partial charge in [0.1, 0.15) is 0 Å². The van der Waals surface area contributed by atoms with E-state index in [0.717, 1.165) is 65.2 Å². The van der Waals surface area contributed by atoms with Crippen molar-refractivity contribution in [2.45, 2.75) is 38.3 Å². The number of ether oxygens (including phenoxy) is 1. The second-order valence-corrected chi connectivity index (χ2v) is 6.34. The highest BCUT2D eigenvalue weighted by Crippen LogP contribution is 2.28. The molecule has 20 heavy (non-hydrogen) atoms. The first kappa shape index (κ1) is 14.3. The van der Waals surface area contributed by atoms with E-state index in [9.17, 15) is 4.79 Å². The van der Waals surface area contributed by atoms with Gasteiger partial charge in [-0.25, -0.2) is 0 Å². The third kappa shape index (κ3) is 2.85. The quantitative estimate of drug-likeness (QED) is 0.808. The van der Waals surface area contributed by atoms with Crippen molar-refractivity contribution in [3.05, 3.63) is 0 Å². The molecule has 0 spiro atoms. The first-order chi connectivity index (χ1) is 9.77. The summed E-state index contributed by atoms with van der Waals surface area (Å²) in [5.41, 5.74) is 0. The highest BCUT2D eigenvalue weighted by Gasteiger charge is 2.39. The van der Waals surface area contributed by atoms with Gasteiger partial charge in [-0.1, -0.05) is 0 Å². The van der Waals surface area contributed by atoms with Crippen molar-refractivity contribution in [1.82, 2.24) is 15.1 Å². The Morgan fingerprint density at radius 3 is 2.75 bits per heavy atom. The Morgan fingerprint density at radius 1 is 1.25 bits per heavy atom. The third-order valence-corrected chi connectivity index (χ3v) is 5.18. The maximum Gasteiger partial charge on any atom is 0.240 e. The number of likely N-dealkylation sites (tertiary alicyclic amines) is 1. The summed E-state index contributed by atoms with van der Waals surface area (Å²) in [5, 5.41) is 3.31. The predicted molar refractivity (Wildman–Crippen MR) is 77.6 cm³/mol. The SMILES string of the molecule is CC(C1CCOC1)N1CCCC1C(=O)N1CCNCC1. The molecule has 114 valence electrons. The smallest absolute Gasteiger partial charge is 0.240 e. The Bertz CT molecular complexity index is 338. The molecule has 3 aliphatic rings. The summed E-state index contributed by atoms with van der Waals surface area (Å²) < 4.78 is 5.52. The second kappa shape index (κ2) is 6.41. The molecule has 3 fully saturated rings. The number of carbonyl (C=O) groups excluding carboxylic acids is 1. The van der Waals surface area contributed by atoms with Crippen LogP contribution in [0.1, 0.15) is 26.2 Å². The molecule has 1 N–H and O–H groups in total. The molecule has 0 radical (unpaired) electrons. The van der Waals surface area contributed by atoms with Crippen molar-refractivity contribution in [3.8, 4) is 0 Å². The van der Waals surface area contributed by atoms with E-state index in [-0.39, 0.29) is 6.04 Å². The van der Waals surface area contributed by atoms with Crippen molar-refractivity contribution in [3.63, 3.8) is 0 Å². The van der Waals surface area contributed by atoms with Crippen LogP contribution in [0.5, 0.6) is 0 Å². The van der Waals surface area contributed by atoms with Crippen molar-refractivity contribution in [2.75, 3.05) is 45.9 Å². The van der Waals surface area contributed by atoms with Gasteiger partial charge in [0.15, 0.2) is 0 Å². The first-order valence-electron chi connectivity index (χ1n) is 8.10. The standard InChI is InChI=1S/C15H27N3O2/c1-12(13-4-10-20-11-13)18-7-2-3-14(18)15(19)17-8-5-16-6-9-17/h12-14,16H,2-11H2,1H3. The van der Waals surface area contributed by atoms with E-state index >= 15 is 0 Å². The van der Waals surface area contributed by atoms with Crippen LogP contribution in [0, 0.1) is 5.92 Å². The van der Waals surface area contributed by atoms with Crippen LogP contribution in [-0.2, 0) is 9.53 Å². The van der Waals surface area contributed by atoms with Crippen molar-refractivity contribution in [1.29, 1.82) is 0 Å². The summed E-state index contributed by atoms with van der Waals surface area (Å²) in [6.07, 6.45) is 3.33. The van der Waals surface area contributed by atoms with E-state index in [0.29, 0.717) is 17.9 Å². The molecule has 5 nitrogen and oxygen atoms in total. The molecule has 0 bridgehead atoms. The molecule has 3 unspecified atom stereocenters. The van der Waals surface area contributed by atoms with Crippen LogP contribution < -0.4 is 5.32 Å². The molecule has 3 atom stereocenters. The van der Waals surface area contributed by atoms with Crippen LogP contribution in [0.3, 0.4) is 0 Å². The number of nitrogens with one attached hydrogen (secondary N) is 1. The number of carbonyl (C=O) groups is 1. The normalized spacial score (nSPS) is 33.5. The van der Waals surface area contributed by atoms with E-state index in [4.69, 9.17) is 4.74 Å². The molecule has 0 aromatic heterocycles. The fraction of sp³-hybridized carbons (Fsp3) is 0.933. The molecule has 0 saturated carbocycles. The van der Waals surface area contributed by atoms with Gasteiger partial charge in [-0.3, -0.25) is 9.69 Å². The Hall–Kier alpha value is -0.650. The molecular formula is C15H27N3O2. The minimum atomic E-state index is 0.115. The summed E-state index contributed by atoms with van der Waals surface area (Å²) in [5.74, 6) is 0.959. The van der Waals surface area contributed by atoms with Crippen molar-refractivity contribution in [2.24, 2.45) is 5.92 Å². The van der Waals surface area contributed by atoms with Crippen LogP contribution >= 0.6 is 0 Å². The number of amides is 1. The fourth-order valence-corrected chi connectivity index (χ4v) is 3.84. The Kier molecular flexibility index (Phi) is 4.58. The molecular weight excluding hydrogens is 254 g/mol. The Labute approximate surface area is 121 Å². The Morgan fingerprint density at radius 2 is 2.05 bits per heavy atom. The van der Waals surface area contributed by atoms with E-state index in [1.54, 1.807) is 0 Å². The van der Waals surface area contributed by atoms with E-state index in [1.165, 1.54) is 0 Å². The van der Waals surface area contributed by atoms with Gasteiger partial charge in [-0.2, -0.15) is 0 Å². The lowest BCUT2D eigenvalue weighted by atomic mass is 9.98. The zero-order valence-electron chi connectivity index (χ0n) is 12.5. The molecule has 0 aliphatic carbocycles. The fourth-order valence-electron chi connectivity index (χ4n) is 3.84. The summed E-state index contributed by atoms with van der Waals surface area (Å²) in [6, 6.07) is 0.584. The summed E-state index contributed by atoms with van der Waals surface area (Å²) in [4.78, 5) is 17.3. The van der Waals surface area contributed by atoms with Gasteiger partial charge < -0.3 is 15.0 Å². The summed E-state index contributed by atoms with van der Waals surface area (Å²) >= 11 is 0. The van der Waals surface area contributed by atoms with Gasteiger partial charge in [-0.05, 0) is 38.6 Å². The van der Waals surface area contributed by atoms with Gasteiger partial charge >= 0.3 is 0 Å². The van der Waals surface area contributed by atoms with E-state index in [1.807, 2.05) is 0 Å². The largest absolute Gasteiger partial charge is 0.381 e. The molecule has 3 rings (SSSR count). The van der Waals surface area contributed by atoms with Crippen LogP contribution in [0.15, 0.2) is 0 Å². The van der Waals surface area contributed by atoms with Gasteiger partial charge in [-0.15, -0.1) is 0 Å². The van der Waals surface area contributed by atoms with Gasteiger partial charge in [0, 0.05) is 38.8 Å². The number of nitrogens with zero attached hydrogens (tertiary/aromatic N) is 2. The average Bonchev–Trinajstić information content (AvgIpc) is 3.18. The van der Waals surface area contributed by atoms with Crippen molar-refractivity contribution < 1.29 is 9.53 Å². The summed E-state index contributed by atoms with van der Waals surface area (Å²) in [6.45, 7) is 8.71. The van der Waals surface area contributed by atoms with E-state index < -0.39 is 0 Å². The van der Waals surface area contributed by atoms with Crippen LogP contribution in [0.2, 0.25) is 0 Å². The maximum absolute atomic E-state index is 12.8. The van der Waals surface area contributed by atoms with Crippen LogP contribution in [-0.4, -0.2) is 73.7 Å². The monoisotopic (exact) mass is 281 g/mol. The lowest BCUT2D eigenvalue weighted by Crippen LogP contribution is -2.54. The van der Waals surface area contributed by atoms with Crippen molar-refractivity contribution >= 4 is 5.91 Å². The van der Waals surface area contributed by atoms with Gasteiger partial charge in [0.25, 0.3) is 0 Å². The zero-order valence-corrected chi connectivity index (χ0v) is 12.5. The first-order valence-corrected chi connectivity index (χ1v) is 8.10. The highest BCUT2D eigenvalue weighted by molar-refractivity contribution is 5.82. The lowest BCUT2D eigenvalue weighted by Gasteiger charge is -2.37. The molecule has 5 heteroatoms. The average molecular weight is 281 g/mol. The maximum atomic E-state index is 12.8. The Balaban J connectivity index is 1.63. The van der Waals surface area contributed by atoms with Crippen LogP contribution in [0.25, 0.3) is 0 Å². The lowest BCUT2D eigenvalue weighted by molar-refractivity contribution is -0.137. The minimum absolute atomic E-state index is 0.115. The predicted octanol–water partition coefficient (Wildman–Crippen LogP) is 0.308. The highest BCUT2D eigenvalue weighted by atomic mass is 16.5. The molecule has 3 saturated heterocycles. The summed E-state index contributed by atoms with van der Waals surface area (Å²) in [7, 11) is 0. The molecule has 1 amide bonds. The van der Waals surface area contributed by atoms with E-state index in [2.05, 4.69) is 22.0 Å². The zero-order chi connectivity index (χ0) is 13.9. The number of piperazine rings is 1. The number of hydrogen-bond acceptors (Lipinski definition) is 4. The van der Waals surface area contributed by atoms with Crippen LogP contribution in [0.4, 0.5) is 0 Å². The van der Waals surface area contributed by atoms with Gasteiger partial charge in [0.05, 0.1) is 12.6 Å². The second-order valence-electron chi connectivity index (χ2n) is 6.34. The molecule has 3 aliphatic heterocycles. The molecule has 3 heterocycles. The third-order valence-electron chi connectivity index (χ3n) is 5.18. The van der Waals surface area contributed by atoms with Gasteiger partial charge in [0.2, 0.25) is 5.91 Å². The number of hydrogen-bond donors (Lipinski definition) is 1. The molecule has 0 aromatic carbocycles. The molecule has 0 aromatic rings.